The summed E-state index contributed by atoms with van der Waals surface area (Å²) in [5.41, 5.74) is 2.67. The van der Waals surface area contributed by atoms with E-state index < -0.39 is 0 Å². The van der Waals surface area contributed by atoms with E-state index in [9.17, 15) is 0 Å². The molecule has 0 amide bonds. The van der Waals surface area contributed by atoms with Crippen LogP contribution in [0.1, 0.15) is 39.2 Å². The number of anilines is 1. The van der Waals surface area contributed by atoms with E-state index in [1.807, 2.05) is 0 Å². The summed E-state index contributed by atoms with van der Waals surface area (Å²) in [7, 11) is 0. The van der Waals surface area contributed by atoms with Crippen LogP contribution in [0.3, 0.4) is 0 Å². The third-order valence-electron chi connectivity index (χ3n) is 4.73. The van der Waals surface area contributed by atoms with Crippen molar-refractivity contribution in [3.63, 3.8) is 0 Å². The predicted octanol–water partition coefficient (Wildman–Crippen LogP) is 4.36. The molecule has 1 aliphatic heterocycles. The molecule has 0 aromatic heterocycles. The van der Waals surface area contributed by atoms with Crippen LogP contribution in [0.2, 0.25) is 0 Å². The lowest BCUT2D eigenvalue weighted by atomic mass is 9.94. The molecule has 20 heavy (non-hydrogen) atoms. The van der Waals surface area contributed by atoms with Crippen LogP contribution in [0.15, 0.2) is 22.7 Å². The first-order valence-electron chi connectivity index (χ1n) is 7.83. The molecule has 1 aromatic rings. The number of benzene rings is 1. The molecule has 112 valence electrons. The molecule has 0 bridgehead atoms. The lowest BCUT2D eigenvalue weighted by Crippen LogP contribution is -2.58. The fourth-order valence-corrected chi connectivity index (χ4v) is 3.49. The van der Waals surface area contributed by atoms with E-state index in [0.29, 0.717) is 12.1 Å². The lowest BCUT2D eigenvalue weighted by molar-refractivity contribution is 0.306. The monoisotopic (exact) mass is 338 g/mol. The van der Waals surface area contributed by atoms with E-state index in [-0.39, 0.29) is 0 Å². The average molecular weight is 339 g/mol. The topological polar surface area (TPSA) is 15.3 Å². The maximum atomic E-state index is 3.78. The highest BCUT2D eigenvalue weighted by molar-refractivity contribution is 9.10. The van der Waals surface area contributed by atoms with Crippen molar-refractivity contribution in [3.8, 4) is 0 Å². The van der Waals surface area contributed by atoms with Crippen LogP contribution < -0.4 is 10.2 Å². The van der Waals surface area contributed by atoms with Crippen molar-refractivity contribution in [1.29, 1.82) is 0 Å². The molecule has 1 fully saturated rings. The predicted molar refractivity (Wildman–Crippen MR) is 91.5 cm³/mol. The second-order valence-electron chi connectivity index (χ2n) is 6.02. The number of halogens is 1. The van der Waals surface area contributed by atoms with Crippen LogP contribution in [0.25, 0.3) is 0 Å². The molecule has 3 atom stereocenters. The van der Waals surface area contributed by atoms with Crippen LogP contribution >= 0.6 is 15.9 Å². The van der Waals surface area contributed by atoms with Gasteiger partial charge in [0.05, 0.1) is 5.69 Å². The van der Waals surface area contributed by atoms with Gasteiger partial charge in [0.15, 0.2) is 0 Å². The Kier molecular flexibility index (Phi) is 5.50. The SMILES string of the molecule is CCC(C)C1CN(c2cccc(C)c2Br)C(CC)CN1. The Hall–Kier alpha value is -0.540. The smallest absolute Gasteiger partial charge is 0.0516 e. The average Bonchev–Trinajstić information content (AvgIpc) is 2.48. The molecular weight excluding hydrogens is 312 g/mol. The highest BCUT2D eigenvalue weighted by Crippen LogP contribution is 2.33. The first-order valence-corrected chi connectivity index (χ1v) is 8.62. The number of piperazine rings is 1. The second kappa shape index (κ2) is 6.95. The van der Waals surface area contributed by atoms with Gasteiger partial charge in [0.1, 0.15) is 0 Å². The minimum absolute atomic E-state index is 0.591. The number of aryl methyl sites for hydroxylation is 1. The van der Waals surface area contributed by atoms with E-state index in [0.717, 1.165) is 19.0 Å². The normalized spacial score (nSPS) is 24.8. The molecule has 1 saturated heterocycles. The molecule has 1 heterocycles. The number of nitrogens with one attached hydrogen (secondary N) is 1. The molecule has 3 heteroatoms. The van der Waals surface area contributed by atoms with Gasteiger partial charge in [-0.1, -0.05) is 39.3 Å². The summed E-state index contributed by atoms with van der Waals surface area (Å²) in [6.45, 7) is 11.3. The third kappa shape index (κ3) is 3.20. The minimum atomic E-state index is 0.591. The molecule has 0 spiro atoms. The Morgan fingerprint density at radius 3 is 2.80 bits per heavy atom. The van der Waals surface area contributed by atoms with E-state index in [4.69, 9.17) is 0 Å². The fraction of sp³-hybridized carbons (Fsp3) is 0.647. The zero-order valence-electron chi connectivity index (χ0n) is 13.1. The highest BCUT2D eigenvalue weighted by Gasteiger charge is 2.30. The number of hydrogen-bond acceptors (Lipinski definition) is 2. The van der Waals surface area contributed by atoms with Crippen LogP contribution in [0.5, 0.6) is 0 Å². The van der Waals surface area contributed by atoms with E-state index in [1.165, 1.54) is 28.6 Å². The number of hydrogen-bond donors (Lipinski definition) is 1. The molecule has 0 aliphatic carbocycles. The molecular formula is C17H27BrN2. The molecule has 2 rings (SSSR count). The quantitative estimate of drug-likeness (QED) is 0.877. The van der Waals surface area contributed by atoms with Gasteiger partial charge in [-0.3, -0.25) is 0 Å². The summed E-state index contributed by atoms with van der Waals surface area (Å²) in [6, 6.07) is 7.77. The fourth-order valence-electron chi connectivity index (χ4n) is 3.00. The van der Waals surface area contributed by atoms with Crippen molar-refractivity contribution >= 4 is 21.6 Å². The molecule has 1 aliphatic rings. The van der Waals surface area contributed by atoms with E-state index >= 15 is 0 Å². The number of nitrogens with zero attached hydrogens (tertiary/aromatic N) is 1. The van der Waals surface area contributed by atoms with Gasteiger partial charge in [-0.2, -0.15) is 0 Å². The van der Waals surface area contributed by atoms with E-state index in [2.05, 4.69) is 72.0 Å². The van der Waals surface area contributed by atoms with Crippen molar-refractivity contribution in [1.82, 2.24) is 5.32 Å². The van der Waals surface area contributed by atoms with E-state index in [1.54, 1.807) is 0 Å². The van der Waals surface area contributed by atoms with Gasteiger partial charge in [-0.05, 0) is 46.8 Å². The highest BCUT2D eigenvalue weighted by atomic mass is 79.9. The first-order chi connectivity index (χ1) is 9.58. The Bertz CT molecular complexity index is 447. The summed E-state index contributed by atoms with van der Waals surface area (Å²) in [4.78, 5) is 2.60. The maximum absolute atomic E-state index is 3.78. The zero-order chi connectivity index (χ0) is 14.7. The van der Waals surface area contributed by atoms with Gasteiger partial charge in [0, 0.05) is 29.6 Å². The minimum Gasteiger partial charge on any atom is -0.365 e. The van der Waals surface area contributed by atoms with Gasteiger partial charge in [-0.15, -0.1) is 0 Å². The van der Waals surface area contributed by atoms with Gasteiger partial charge in [-0.25, -0.2) is 0 Å². The second-order valence-corrected chi connectivity index (χ2v) is 6.82. The van der Waals surface area contributed by atoms with Crippen LogP contribution in [0, 0.1) is 12.8 Å². The van der Waals surface area contributed by atoms with Crippen LogP contribution in [-0.2, 0) is 0 Å². The van der Waals surface area contributed by atoms with Crippen molar-refractivity contribution in [3.05, 3.63) is 28.2 Å². The standard InChI is InChI=1S/C17H27BrN2/c1-5-12(3)15-11-20(14(6-2)10-19-15)16-9-7-8-13(4)17(16)18/h7-9,12,14-15,19H,5-6,10-11H2,1-4H3. The van der Waals surface area contributed by atoms with Crippen molar-refractivity contribution in [2.75, 3.05) is 18.0 Å². The molecule has 1 N–H and O–H groups in total. The van der Waals surface area contributed by atoms with Crippen molar-refractivity contribution < 1.29 is 0 Å². The largest absolute Gasteiger partial charge is 0.365 e. The van der Waals surface area contributed by atoms with Gasteiger partial charge in [0.25, 0.3) is 0 Å². The summed E-state index contributed by atoms with van der Waals surface area (Å²) >= 11 is 3.78. The molecule has 0 saturated carbocycles. The van der Waals surface area contributed by atoms with Gasteiger partial charge < -0.3 is 10.2 Å². The third-order valence-corrected chi connectivity index (χ3v) is 5.76. The van der Waals surface area contributed by atoms with Crippen LogP contribution in [0.4, 0.5) is 5.69 Å². The molecule has 2 nitrogen and oxygen atoms in total. The molecule has 1 aromatic carbocycles. The van der Waals surface area contributed by atoms with Crippen molar-refractivity contribution in [2.24, 2.45) is 5.92 Å². The molecule has 3 unspecified atom stereocenters. The Balaban J connectivity index is 2.27. The summed E-state index contributed by atoms with van der Waals surface area (Å²) < 4.78 is 1.25. The summed E-state index contributed by atoms with van der Waals surface area (Å²) in [5, 5.41) is 3.75. The summed E-state index contributed by atoms with van der Waals surface area (Å²) in [5.74, 6) is 0.721. The Labute approximate surface area is 132 Å². The Morgan fingerprint density at radius 1 is 1.40 bits per heavy atom. The molecule has 0 radical (unpaired) electrons. The first kappa shape index (κ1) is 15.8. The van der Waals surface area contributed by atoms with Crippen molar-refractivity contribution in [2.45, 2.75) is 52.6 Å². The maximum Gasteiger partial charge on any atom is 0.0516 e. The lowest BCUT2D eigenvalue weighted by Gasteiger charge is -2.44. The van der Waals surface area contributed by atoms with Crippen LogP contribution in [-0.4, -0.2) is 25.2 Å². The Morgan fingerprint density at radius 2 is 2.15 bits per heavy atom. The van der Waals surface area contributed by atoms with Gasteiger partial charge >= 0.3 is 0 Å². The zero-order valence-corrected chi connectivity index (χ0v) is 14.7. The summed E-state index contributed by atoms with van der Waals surface area (Å²) in [6.07, 6.45) is 2.41. The number of rotatable bonds is 4. The van der Waals surface area contributed by atoms with Gasteiger partial charge in [0.2, 0.25) is 0 Å².